The number of rotatable bonds is 2. The third-order valence-electron chi connectivity index (χ3n) is 1.88. The average Bonchev–Trinajstić information content (AvgIpc) is 2.51. The molecule has 16 heavy (non-hydrogen) atoms. The molecule has 0 fully saturated rings. The van der Waals surface area contributed by atoms with E-state index in [4.69, 9.17) is 19.2 Å². The Kier molecular flexibility index (Phi) is 2.56. The van der Waals surface area contributed by atoms with Crippen LogP contribution in [-0.4, -0.2) is 11.6 Å². The van der Waals surface area contributed by atoms with Crippen molar-refractivity contribution in [2.45, 2.75) is 39.3 Å². The molecule has 0 unspecified atom stereocenters. The first-order valence-electron chi connectivity index (χ1n) is 5.22. The molecular formula is C12H16O4. The van der Waals surface area contributed by atoms with E-state index in [1.54, 1.807) is 6.92 Å². The fraction of sp³-hybridized carbons (Fsp3) is 0.500. The van der Waals surface area contributed by atoms with Gasteiger partial charge in [-0.25, -0.2) is 4.89 Å². The molecule has 0 aliphatic carbocycles. The lowest BCUT2D eigenvalue weighted by Gasteiger charge is -2.26. The van der Waals surface area contributed by atoms with Crippen LogP contribution < -0.4 is 9.47 Å². The highest BCUT2D eigenvalue weighted by Gasteiger charge is 2.40. The molecule has 88 valence electrons. The summed E-state index contributed by atoms with van der Waals surface area (Å²) in [4.78, 5) is 10.4. The van der Waals surface area contributed by atoms with Gasteiger partial charge in [-0.3, -0.25) is 0 Å². The highest BCUT2D eigenvalue weighted by atomic mass is 17.3. The molecule has 0 spiro atoms. The average molecular weight is 224 g/mol. The highest BCUT2D eigenvalue weighted by molar-refractivity contribution is 5.42. The van der Waals surface area contributed by atoms with E-state index in [9.17, 15) is 0 Å². The zero-order valence-corrected chi connectivity index (χ0v) is 9.94. The fourth-order valence-corrected chi connectivity index (χ4v) is 1.27. The van der Waals surface area contributed by atoms with Gasteiger partial charge in [-0.1, -0.05) is 12.1 Å². The standard InChI is InChI=1S/C12H16O4/c1-11(2,3)15-16-12(4)13-9-7-5-6-8-10(9)14-12/h5-8H,1-4H3. The summed E-state index contributed by atoms with van der Waals surface area (Å²) >= 11 is 0. The van der Waals surface area contributed by atoms with Crippen molar-refractivity contribution < 1.29 is 19.2 Å². The summed E-state index contributed by atoms with van der Waals surface area (Å²) < 4.78 is 11.0. The molecule has 0 aromatic heterocycles. The summed E-state index contributed by atoms with van der Waals surface area (Å²) in [5.74, 6) is 0.0989. The van der Waals surface area contributed by atoms with Crippen LogP contribution in [0.4, 0.5) is 0 Å². The van der Waals surface area contributed by atoms with Crippen LogP contribution in [0.15, 0.2) is 24.3 Å². The first-order valence-corrected chi connectivity index (χ1v) is 5.22. The van der Waals surface area contributed by atoms with E-state index < -0.39 is 11.6 Å². The van der Waals surface area contributed by atoms with E-state index >= 15 is 0 Å². The van der Waals surface area contributed by atoms with E-state index in [-0.39, 0.29) is 0 Å². The molecule has 1 aliphatic heterocycles. The second kappa shape index (κ2) is 3.64. The van der Waals surface area contributed by atoms with E-state index in [2.05, 4.69) is 0 Å². The predicted octanol–water partition coefficient (Wildman–Crippen LogP) is 2.88. The lowest BCUT2D eigenvalue weighted by molar-refractivity contribution is -0.478. The monoisotopic (exact) mass is 224 g/mol. The van der Waals surface area contributed by atoms with Crippen LogP contribution in [-0.2, 0) is 9.78 Å². The van der Waals surface area contributed by atoms with Gasteiger partial charge in [0.1, 0.15) is 0 Å². The third-order valence-corrected chi connectivity index (χ3v) is 1.88. The maximum atomic E-state index is 5.52. The Bertz CT molecular complexity index is 356. The summed E-state index contributed by atoms with van der Waals surface area (Å²) in [5, 5.41) is 0. The smallest absolute Gasteiger partial charge is 0.395 e. The number of hydrogen-bond donors (Lipinski definition) is 0. The molecule has 1 aliphatic rings. The van der Waals surface area contributed by atoms with Crippen molar-refractivity contribution in [3.63, 3.8) is 0 Å². The van der Waals surface area contributed by atoms with Crippen molar-refractivity contribution in [2.75, 3.05) is 0 Å². The van der Waals surface area contributed by atoms with E-state index in [1.807, 2.05) is 45.0 Å². The van der Waals surface area contributed by atoms with Gasteiger partial charge < -0.3 is 9.47 Å². The SMILES string of the molecule is CC(C)(C)OOC1(C)Oc2ccccc2O1. The first kappa shape index (κ1) is 11.2. The summed E-state index contributed by atoms with van der Waals surface area (Å²) in [6.45, 7) is 7.33. The lowest BCUT2D eigenvalue weighted by Crippen LogP contribution is -2.40. The van der Waals surface area contributed by atoms with Crippen LogP contribution in [0.1, 0.15) is 27.7 Å². The van der Waals surface area contributed by atoms with Crippen molar-refractivity contribution in [1.82, 2.24) is 0 Å². The maximum Gasteiger partial charge on any atom is 0.395 e. The Balaban J connectivity index is 2.03. The molecule has 0 bridgehead atoms. The molecule has 1 aromatic rings. The zero-order valence-electron chi connectivity index (χ0n) is 9.94. The lowest BCUT2D eigenvalue weighted by atomic mass is 10.2. The number of fused-ring (bicyclic) bond motifs is 1. The van der Waals surface area contributed by atoms with Gasteiger partial charge in [0.15, 0.2) is 11.5 Å². The highest BCUT2D eigenvalue weighted by Crippen LogP contribution is 2.39. The number of benzene rings is 1. The Hall–Kier alpha value is -1.26. The minimum absolute atomic E-state index is 0.412. The largest absolute Gasteiger partial charge is 0.424 e. The summed E-state index contributed by atoms with van der Waals surface area (Å²) in [6.07, 6.45) is 0. The molecule has 1 heterocycles. The number of hydrogen-bond acceptors (Lipinski definition) is 4. The minimum atomic E-state index is -1.21. The molecule has 4 heteroatoms. The van der Waals surface area contributed by atoms with Gasteiger partial charge in [0.25, 0.3) is 0 Å². The molecule has 2 rings (SSSR count). The summed E-state index contributed by atoms with van der Waals surface area (Å²) in [6, 6.07) is 7.39. The van der Waals surface area contributed by atoms with Crippen LogP contribution in [0, 0.1) is 0 Å². The Morgan fingerprint density at radius 3 is 2.00 bits per heavy atom. The van der Waals surface area contributed by atoms with Crippen molar-refractivity contribution in [3.8, 4) is 11.5 Å². The molecular weight excluding hydrogens is 208 g/mol. The Morgan fingerprint density at radius 1 is 1.06 bits per heavy atom. The number of para-hydroxylation sites is 2. The third kappa shape index (κ3) is 2.46. The van der Waals surface area contributed by atoms with Gasteiger partial charge >= 0.3 is 5.97 Å². The second-order valence-electron chi connectivity index (χ2n) is 4.79. The van der Waals surface area contributed by atoms with Crippen LogP contribution in [0.25, 0.3) is 0 Å². The van der Waals surface area contributed by atoms with Gasteiger partial charge in [-0.2, -0.15) is 0 Å². The normalized spacial score (nSPS) is 17.5. The maximum absolute atomic E-state index is 5.52. The number of ether oxygens (including phenoxy) is 2. The van der Waals surface area contributed by atoms with Crippen LogP contribution >= 0.6 is 0 Å². The van der Waals surface area contributed by atoms with Crippen molar-refractivity contribution >= 4 is 0 Å². The topological polar surface area (TPSA) is 36.9 Å². The van der Waals surface area contributed by atoms with Gasteiger partial charge in [-0.05, 0) is 32.9 Å². The van der Waals surface area contributed by atoms with Gasteiger partial charge in [0, 0.05) is 6.92 Å². The van der Waals surface area contributed by atoms with Crippen LogP contribution in [0.3, 0.4) is 0 Å². The van der Waals surface area contributed by atoms with Crippen molar-refractivity contribution in [3.05, 3.63) is 24.3 Å². The van der Waals surface area contributed by atoms with E-state index in [0.29, 0.717) is 11.5 Å². The first-order chi connectivity index (χ1) is 7.38. The summed E-state index contributed by atoms with van der Waals surface area (Å²) in [5.41, 5.74) is -0.412. The molecule has 4 nitrogen and oxygen atoms in total. The van der Waals surface area contributed by atoms with Gasteiger partial charge in [-0.15, -0.1) is 4.89 Å². The molecule has 0 amide bonds. The van der Waals surface area contributed by atoms with Crippen molar-refractivity contribution in [1.29, 1.82) is 0 Å². The Labute approximate surface area is 95.0 Å². The van der Waals surface area contributed by atoms with E-state index in [0.717, 1.165) is 0 Å². The predicted molar refractivity (Wildman–Crippen MR) is 58.0 cm³/mol. The van der Waals surface area contributed by atoms with Gasteiger partial charge in [0.2, 0.25) is 0 Å². The Morgan fingerprint density at radius 2 is 1.56 bits per heavy atom. The van der Waals surface area contributed by atoms with Crippen molar-refractivity contribution in [2.24, 2.45) is 0 Å². The molecule has 0 saturated carbocycles. The zero-order chi connectivity index (χ0) is 11.8. The van der Waals surface area contributed by atoms with Crippen LogP contribution in [0.2, 0.25) is 0 Å². The molecule has 0 N–H and O–H groups in total. The molecule has 0 radical (unpaired) electrons. The molecule has 1 aromatic carbocycles. The van der Waals surface area contributed by atoms with E-state index in [1.165, 1.54) is 0 Å². The minimum Gasteiger partial charge on any atom is -0.424 e. The molecule has 0 saturated heterocycles. The quantitative estimate of drug-likeness (QED) is 0.571. The van der Waals surface area contributed by atoms with Crippen LogP contribution in [0.5, 0.6) is 11.5 Å². The molecule has 0 atom stereocenters. The second-order valence-corrected chi connectivity index (χ2v) is 4.79. The van der Waals surface area contributed by atoms with Gasteiger partial charge in [0.05, 0.1) is 5.60 Å². The summed E-state index contributed by atoms with van der Waals surface area (Å²) in [7, 11) is 0. The fourth-order valence-electron chi connectivity index (χ4n) is 1.27.